The van der Waals surface area contributed by atoms with Crippen LogP contribution >= 0.6 is 27.5 Å². The van der Waals surface area contributed by atoms with Crippen LogP contribution in [0.15, 0.2) is 51.7 Å². The van der Waals surface area contributed by atoms with Gasteiger partial charge in [0.15, 0.2) is 0 Å². The average molecular weight is 395 g/mol. The van der Waals surface area contributed by atoms with Gasteiger partial charge in [0.2, 0.25) is 0 Å². The van der Waals surface area contributed by atoms with E-state index >= 15 is 0 Å². The van der Waals surface area contributed by atoms with Gasteiger partial charge in [-0.25, -0.2) is 4.79 Å². The number of amides is 1. The predicted molar refractivity (Wildman–Crippen MR) is 94.0 cm³/mol. The standard InChI is InChI=1S/C16H13BrClN3O2/c17-11-7-10(8-12(18)9-11)15(22)19-5-6-21-14-4-2-1-3-13(14)20-16(21)23/h1-4,7-9H,5-6H2,(H,19,22)(H,20,23). The number of fused-ring (bicyclic) bond motifs is 1. The molecule has 0 radical (unpaired) electrons. The summed E-state index contributed by atoms with van der Waals surface area (Å²) in [5.74, 6) is -0.235. The molecule has 23 heavy (non-hydrogen) atoms. The number of carbonyl (C=O) groups is 1. The van der Waals surface area contributed by atoms with E-state index < -0.39 is 0 Å². The number of nitrogens with one attached hydrogen (secondary N) is 2. The fraction of sp³-hybridized carbons (Fsp3) is 0.125. The van der Waals surface area contributed by atoms with E-state index in [1.165, 1.54) is 0 Å². The fourth-order valence-corrected chi connectivity index (χ4v) is 3.26. The molecule has 5 nitrogen and oxygen atoms in total. The maximum absolute atomic E-state index is 12.1. The first-order valence-electron chi connectivity index (χ1n) is 6.96. The summed E-state index contributed by atoms with van der Waals surface area (Å²) >= 11 is 9.24. The quantitative estimate of drug-likeness (QED) is 0.714. The first kappa shape index (κ1) is 15.8. The summed E-state index contributed by atoms with van der Waals surface area (Å²) in [6, 6.07) is 12.4. The number of aromatic amines is 1. The fourth-order valence-electron chi connectivity index (χ4n) is 2.40. The highest BCUT2D eigenvalue weighted by Gasteiger charge is 2.09. The summed E-state index contributed by atoms with van der Waals surface area (Å²) in [4.78, 5) is 26.9. The van der Waals surface area contributed by atoms with Crippen molar-refractivity contribution in [2.45, 2.75) is 6.54 Å². The Morgan fingerprint density at radius 3 is 2.83 bits per heavy atom. The summed E-state index contributed by atoms with van der Waals surface area (Å²) in [5, 5.41) is 3.28. The molecular weight excluding hydrogens is 382 g/mol. The Bertz CT molecular complexity index is 912. The van der Waals surface area contributed by atoms with Gasteiger partial charge < -0.3 is 10.3 Å². The topological polar surface area (TPSA) is 66.9 Å². The minimum atomic E-state index is -0.235. The largest absolute Gasteiger partial charge is 0.350 e. The van der Waals surface area contributed by atoms with Crippen molar-refractivity contribution in [2.75, 3.05) is 6.54 Å². The van der Waals surface area contributed by atoms with Gasteiger partial charge in [0.1, 0.15) is 0 Å². The number of para-hydroxylation sites is 2. The number of rotatable bonds is 4. The molecular formula is C16H13BrClN3O2. The van der Waals surface area contributed by atoms with Crippen LogP contribution in [0.5, 0.6) is 0 Å². The van der Waals surface area contributed by atoms with Gasteiger partial charge in [0.25, 0.3) is 5.91 Å². The van der Waals surface area contributed by atoms with Crippen molar-refractivity contribution in [3.63, 3.8) is 0 Å². The second-order valence-electron chi connectivity index (χ2n) is 5.01. The van der Waals surface area contributed by atoms with Gasteiger partial charge in [0.05, 0.1) is 11.0 Å². The molecule has 0 atom stereocenters. The smallest absolute Gasteiger partial charge is 0.326 e. The second-order valence-corrected chi connectivity index (χ2v) is 6.37. The number of benzene rings is 2. The molecule has 3 aromatic rings. The number of hydrogen-bond acceptors (Lipinski definition) is 2. The van der Waals surface area contributed by atoms with Crippen molar-refractivity contribution in [3.8, 4) is 0 Å². The molecule has 2 aromatic carbocycles. The number of carbonyl (C=O) groups excluding carboxylic acids is 1. The van der Waals surface area contributed by atoms with Crippen LogP contribution in [-0.4, -0.2) is 22.0 Å². The molecule has 0 spiro atoms. The zero-order valence-electron chi connectivity index (χ0n) is 12.0. The van der Waals surface area contributed by atoms with Crippen molar-refractivity contribution >= 4 is 44.5 Å². The van der Waals surface area contributed by atoms with Crippen molar-refractivity contribution in [3.05, 3.63) is 68.0 Å². The van der Waals surface area contributed by atoms with Crippen LogP contribution in [0.3, 0.4) is 0 Å². The normalized spacial score (nSPS) is 10.9. The molecule has 3 rings (SSSR count). The summed E-state index contributed by atoms with van der Waals surface area (Å²) in [6.45, 7) is 0.723. The Kier molecular flexibility index (Phi) is 4.54. The van der Waals surface area contributed by atoms with Gasteiger partial charge in [-0.1, -0.05) is 39.7 Å². The number of imidazole rings is 1. The summed E-state index contributed by atoms with van der Waals surface area (Å²) in [5.41, 5.74) is 1.88. The molecule has 2 N–H and O–H groups in total. The molecule has 0 saturated carbocycles. The van der Waals surface area contributed by atoms with E-state index in [9.17, 15) is 9.59 Å². The van der Waals surface area contributed by atoms with Crippen LogP contribution in [0.4, 0.5) is 0 Å². The monoisotopic (exact) mass is 393 g/mol. The third-order valence-corrected chi connectivity index (χ3v) is 4.10. The third kappa shape index (κ3) is 3.48. The maximum atomic E-state index is 12.1. The molecule has 0 fully saturated rings. The van der Waals surface area contributed by atoms with E-state index in [4.69, 9.17) is 11.6 Å². The first-order valence-corrected chi connectivity index (χ1v) is 8.13. The van der Waals surface area contributed by atoms with Crippen molar-refractivity contribution in [1.29, 1.82) is 0 Å². The molecule has 0 unspecified atom stereocenters. The van der Waals surface area contributed by atoms with Crippen LogP contribution < -0.4 is 11.0 Å². The lowest BCUT2D eigenvalue weighted by molar-refractivity contribution is 0.0952. The molecule has 1 heterocycles. The number of halogens is 2. The van der Waals surface area contributed by atoms with E-state index in [2.05, 4.69) is 26.2 Å². The average Bonchev–Trinajstić information content (AvgIpc) is 2.82. The van der Waals surface area contributed by atoms with Crippen LogP contribution in [0.2, 0.25) is 5.02 Å². The second kappa shape index (κ2) is 6.60. The Balaban J connectivity index is 1.70. The third-order valence-electron chi connectivity index (χ3n) is 3.43. The van der Waals surface area contributed by atoms with Gasteiger partial charge in [0, 0.05) is 28.1 Å². The zero-order chi connectivity index (χ0) is 16.4. The summed E-state index contributed by atoms with van der Waals surface area (Å²) in [7, 11) is 0. The van der Waals surface area contributed by atoms with E-state index in [0.717, 1.165) is 15.5 Å². The van der Waals surface area contributed by atoms with Gasteiger partial charge in [-0.05, 0) is 30.3 Å². The number of H-pyrrole nitrogens is 1. The number of aromatic nitrogens is 2. The van der Waals surface area contributed by atoms with Gasteiger partial charge in [-0.2, -0.15) is 0 Å². The highest BCUT2D eigenvalue weighted by atomic mass is 79.9. The van der Waals surface area contributed by atoms with E-state index in [1.807, 2.05) is 24.3 Å². The lowest BCUT2D eigenvalue weighted by Gasteiger charge is -2.07. The minimum absolute atomic E-state index is 0.189. The van der Waals surface area contributed by atoms with Gasteiger partial charge in [-0.15, -0.1) is 0 Å². The Hall–Kier alpha value is -2.05. The first-order chi connectivity index (χ1) is 11.0. The van der Waals surface area contributed by atoms with Crippen LogP contribution in [0, 0.1) is 0 Å². The van der Waals surface area contributed by atoms with Crippen molar-refractivity contribution in [2.24, 2.45) is 0 Å². The predicted octanol–water partition coefficient (Wildman–Crippen LogP) is 3.18. The summed E-state index contributed by atoms with van der Waals surface area (Å²) < 4.78 is 2.34. The molecule has 0 bridgehead atoms. The van der Waals surface area contributed by atoms with Gasteiger partial charge >= 0.3 is 5.69 Å². The van der Waals surface area contributed by atoms with E-state index in [0.29, 0.717) is 23.7 Å². The lowest BCUT2D eigenvalue weighted by atomic mass is 10.2. The Labute approximate surface area is 145 Å². The molecule has 0 saturated heterocycles. The number of hydrogen-bond donors (Lipinski definition) is 2. The highest BCUT2D eigenvalue weighted by molar-refractivity contribution is 9.10. The van der Waals surface area contributed by atoms with E-state index in [1.54, 1.807) is 22.8 Å². The number of nitrogens with zero attached hydrogens (tertiary/aromatic N) is 1. The lowest BCUT2D eigenvalue weighted by Crippen LogP contribution is -2.30. The molecule has 0 aliphatic carbocycles. The molecule has 1 amide bonds. The van der Waals surface area contributed by atoms with Crippen LogP contribution in [0.25, 0.3) is 11.0 Å². The molecule has 118 valence electrons. The Morgan fingerprint density at radius 2 is 2.04 bits per heavy atom. The minimum Gasteiger partial charge on any atom is -0.350 e. The van der Waals surface area contributed by atoms with Crippen molar-refractivity contribution < 1.29 is 4.79 Å². The highest BCUT2D eigenvalue weighted by Crippen LogP contribution is 2.19. The SMILES string of the molecule is O=C(NCCn1c(=O)[nH]c2ccccc21)c1cc(Cl)cc(Br)c1. The van der Waals surface area contributed by atoms with Gasteiger partial charge in [-0.3, -0.25) is 9.36 Å². The van der Waals surface area contributed by atoms with Crippen molar-refractivity contribution in [1.82, 2.24) is 14.9 Å². The van der Waals surface area contributed by atoms with Crippen LogP contribution in [0.1, 0.15) is 10.4 Å². The maximum Gasteiger partial charge on any atom is 0.326 e. The van der Waals surface area contributed by atoms with Crippen LogP contribution in [-0.2, 0) is 6.54 Å². The molecule has 7 heteroatoms. The molecule has 0 aliphatic heterocycles. The molecule has 0 aliphatic rings. The van der Waals surface area contributed by atoms with E-state index in [-0.39, 0.29) is 11.6 Å². The summed E-state index contributed by atoms with van der Waals surface area (Å²) in [6.07, 6.45) is 0. The Morgan fingerprint density at radius 1 is 1.26 bits per heavy atom. The molecule has 1 aromatic heterocycles. The zero-order valence-corrected chi connectivity index (χ0v) is 14.3.